The number of aliphatic hydroxyl groups is 1. The molecule has 29 heavy (non-hydrogen) atoms. The summed E-state index contributed by atoms with van der Waals surface area (Å²) in [4.78, 5) is 26.9. The minimum atomic E-state index is -0.567. The Hall–Kier alpha value is -2.23. The number of piperidine rings is 1. The molecule has 0 aromatic carbocycles. The van der Waals surface area contributed by atoms with Gasteiger partial charge in [0.15, 0.2) is 5.13 Å². The third-order valence-corrected chi connectivity index (χ3v) is 5.50. The fourth-order valence-corrected chi connectivity index (χ4v) is 3.74. The molecule has 3 heterocycles. The Balaban J connectivity index is 1.54. The molecule has 0 saturated carbocycles. The summed E-state index contributed by atoms with van der Waals surface area (Å²) < 4.78 is 5.73. The van der Waals surface area contributed by atoms with E-state index in [-0.39, 0.29) is 18.1 Å². The number of amides is 1. The highest BCUT2D eigenvalue weighted by molar-refractivity contribution is 7.16. The van der Waals surface area contributed by atoms with E-state index in [4.69, 9.17) is 9.25 Å². The van der Waals surface area contributed by atoms with E-state index >= 15 is 0 Å². The Morgan fingerprint density at radius 3 is 2.93 bits per heavy atom. The summed E-state index contributed by atoms with van der Waals surface area (Å²) in [5.74, 6) is 1.35. The Bertz CT molecular complexity index is 838. The van der Waals surface area contributed by atoms with Crippen molar-refractivity contribution < 1.29 is 19.2 Å². The van der Waals surface area contributed by atoms with Crippen molar-refractivity contribution in [2.24, 2.45) is 0 Å². The van der Waals surface area contributed by atoms with Crippen LogP contribution in [0.1, 0.15) is 63.0 Å². The maximum atomic E-state index is 12.2. The van der Waals surface area contributed by atoms with Gasteiger partial charge in [-0.2, -0.15) is 0 Å². The SMILES string of the molecule is CC(C)(C)c1cnc(/C=C/c2cnc(NC(=O)ON3CCCCC3CCO)s2)o1. The number of thiazole rings is 1. The Morgan fingerprint density at radius 1 is 1.38 bits per heavy atom. The van der Waals surface area contributed by atoms with Gasteiger partial charge in [-0.25, -0.2) is 14.8 Å². The minimum Gasteiger partial charge on any atom is -0.441 e. The van der Waals surface area contributed by atoms with Crippen LogP contribution in [0.3, 0.4) is 0 Å². The molecule has 1 amide bonds. The summed E-state index contributed by atoms with van der Waals surface area (Å²) >= 11 is 1.33. The summed E-state index contributed by atoms with van der Waals surface area (Å²) in [5, 5.41) is 14.0. The number of hydrogen-bond acceptors (Lipinski definition) is 8. The second-order valence-corrected chi connectivity index (χ2v) is 9.08. The summed E-state index contributed by atoms with van der Waals surface area (Å²) in [6, 6.07) is 0.0630. The summed E-state index contributed by atoms with van der Waals surface area (Å²) in [6.45, 7) is 6.96. The molecule has 2 N–H and O–H groups in total. The van der Waals surface area contributed by atoms with Crippen LogP contribution in [-0.2, 0) is 10.3 Å². The van der Waals surface area contributed by atoms with Gasteiger partial charge >= 0.3 is 6.09 Å². The Morgan fingerprint density at radius 2 is 2.21 bits per heavy atom. The lowest BCUT2D eigenvalue weighted by Crippen LogP contribution is -2.42. The topological polar surface area (TPSA) is 101 Å². The second-order valence-electron chi connectivity index (χ2n) is 8.02. The lowest BCUT2D eigenvalue weighted by molar-refractivity contribution is -0.144. The number of hydrogen-bond donors (Lipinski definition) is 2. The lowest BCUT2D eigenvalue weighted by Gasteiger charge is -2.33. The molecule has 3 rings (SSSR count). The molecule has 2 aromatic heterocycles. The van der Waals surface area contributed by atoms with Gasteiger partial charge in [-0.05, 0) is 25.3 Å². The molecule has 158 valence electrons. The molecule has 1 aliphatic rings. The molecule has 9 heteroatoms. The number of aromatic nitrogens is 2. The Kier molecular flexibility index (Phi) is 7.05. The van der Waals surface area contributed by atoms with Gasteiger partial charge in [0.1, 0.15) is 5.76 Å². The van der Waals surface area contributed by atoms with Crippen LogP contribution in [0.25, 0.3) is 12.2 Å². The van der Waals surface area contributed by atoms with E-state index in [0.29, 0.717) is 24.0 Å². The number of aliphatic hydroxyl groups excluding tert-OH is 1. The lowest BCUT2D eigenvalue weighted by atomic mass is 9.94. The molecule has 1 atom stereocenters. The van der Waals surface area contributed by atoms with Crippen LogP contribution in [0.2, 0.25) is 0 Å². The molecular formula is C20H28N4O4S. The highest BCUT2D eigenvalue weighted by atomic mass is 32.1. The van der Waals surface area contributed by atoms with Gasteiger partial charge in [-0.15, -0.1) is 5.06 Å². The first-order chi connectivity index (χ1) is 13.8. The predicted molar refractivity (Wildman–Crippen MR) is 112 cm³/mol. The molecule has 1 unspecified atom stereocenters. The van der Waals surface area contributed by atoms with Crippen LogP contribution < -0.4 is 5.32 Å². The van der Waals surface area contributed by atoms with Crippen molar-refractivity contribution in [2.45, 2.75) is 57.9 Å². The standard InChI is InChI=1S/C20H28N4O4S/c1-20(2,3)16-13-21-17(27-16)8-7-15-12-22-18(29-15)23-19(26)28-24-10-5-4-6-14(24)9-11-25/h7-8,12-14,25H,4-6,9-11H2,1-3H3,(H,22,23,26)/b8-7+. The zero-order valence-corrected chi connectivity index (χ0v) is 17.9. The molecule has 0 bridgehead atoms. The van der Waals surface area contributed by atoms with Crippen LogP contribution in [-0.4, -0.2) is 45.4 Å². The molecule has 0 radical (unpaired) electrons. The fourth-order valence-electron chi connectivity index (χ4n) is 3.03. The molecule has 2 aromatic rings. The molecule has 8 nitrogen and oxygen atoms in total. The molecule has 0 spiro atoms. The van der Waals surface area contributed by atoms with Gasteiger partial charge in [-0.1, -0.05) is 38.5 Å². The van der Waals surface area contributed by atoms with Gasteiger partial charge in [-0.3, -0.25) is 5.32 Å². The average Bonchev–Trinajstić information content (AvgIpc) is 3.31. The first kappa shape index (κ1) is 21.5. The van der Waals surface area contributed by atoms with Gasteiger partial charge in [0.05, 0.1) is 6.20 Å². The third-order valence-electron chi connectivity index (χ3n) is 4.62. The van der Waals surface area contributed by atoms with Crippen molar-refractivity contribution in [3.63, 3.8) is 0 Å². The molecule has 1 aliphatic heterocycles. The van der Waals surface area contributed by atoms with Gasteiger partial charge in [0.2, 0.25) is 5.89 Å². The van der Waals surface area contributed by atoms with Crippen molar-refractivity contribution in [1.29, 1.82) is 0 Å². The number of anilines is 1. The zero-order chi connectivity index (χ0) is 20.9. The number of carbonyl (C=O) groups is 1. The van der Waals surface area contributed by atoms with Crippen LogP contribution in [0.5, 0.6) is 0 Å². The number of rotatable bonds is 6. The number of nitrogens with zero attached hydrogens (tertiary/aromatic N) is 3. The first-order valence-electron chi connectivity index (χ1n) is 9.82. The van der Waals surface area contributed by atoms with E-state index in [1.165, 1.54) is 11.3 Å². The summed E-state index contributed by atoms with van der Waals surface area (Å²) in [7, 11) is 0. The van der Waals surface area contributed by atoms with Gasteiger partial charge < -0.3 is 14.4 Å². The van der Waals surface area contributed by atoms with E-state index in [0.717, 1.165) is 29.9 Å². The van der Waals surface area contributed by atoms with Crippen molar-refractivity contribution in [3.8, 4) is 0 Å². The van der Waals surface area contributed by atoms with Crippen LogP contribution >= 0.6 is 11.3 Å². The highest BCUT2D eigenvalue weighted by Crippen LogP contribution is 2.25. The largest absolute Gasteiger partial charge is 0.441 e. The zero-order valence-electron chi connectivity index (χ0n) is 17.1. The quantitative estimate of drug-likeness (QED) is 0.718. The van der Waals surface area contributed by atoms with Crippen molar-refractivity contribution in [3.05, 3.63) is 28.9 Å². The average molecular weight is 421 g/mol. The smallest absolute Gasteiger partial charge is 0.432 e. The van der Waals surface area contributed by atoms with E-state index in [2.05, 4.69) is 36.1 Å². The third kappa shape index (κ3) is 6.12. The van der Waals surface area contributed by atoms with Crippen LogP contribution in [0.4, 0.5) is 9.93 Å². The van der Waals surface area contributed by atoms with Crippen molar-refractivity contribution >= 4 is 34.7 Å². The van der Waals surface area contributed by atoms with Crippen molar-refractivity contribution in [1.82, 2.24) is 15.0 Å². The maximum Gasteiger partial charge on any atom is 0.432 e. The molecular weight excluding hydrogens is 392 g/mol. The number of hydroxylamine groups is 2. The van der Waals surface area contributed by atoms with E-state index in [9.17, 15) is 9.90 Å². The minimum absolute atomic E-state index is 0.0630. The monoisotopic (exact) mass is 420 g/mol. The molecule has 0 aliphatic carbocycles. The van der Waals surface area contributed by atoms with Gasteiger partial charge in [0, 0.05) is 41.8 Å². The normalized spacial score (nSPS) is 18.3. The van der Waals surface area contributed by atoms with E-state index in [1.807, 2.05) is 6.08 Å². The number of oxazole rings is 1. The summed E-state index contributed by atoms with van der Waals surface area (Å²) in [6.07, 6.45) is 10.0. The van der Waals surface area contributed by atoms with Gasteiger partial charge in [0.25, 0.3) is 0 Å². The van der Waals surface area contributed by atoms with Crippen molar-refractivity contribution in [2.75, 3.05) is 18.5 Å². The van der Waals surface area contributed by atoms with E-state index < -0.39 is 6.09 Å². The first-order valence-corrected chi connectivity index (χ1v) is 10.6. The molecule has 1 fully saturated rings. The highest BCUT2D eigenvalue weighted by Gasteiger charge is 2.25. The van der Waals surface area contributed by atoms with Crippen LogP contribution in [0, 0.1) is 0 Å². The second kappa shape index (κ2) is 9.51. The predicted octanol–water partition coefficient (Wildman–Crippen LogP) is 4.30. The Labute approximate surface area is 174 Å². The molecule has 1 saturated heterocycles. The summed E-state index contributed by atoms with van der Waals surface area (Å²) in [5.41, 5.74) is -0.0917. The fraction of sp³-hybridized carbons (Fsp3) is 0.550. The van der Waals surface area contributed by atoms with Crippen LogP contribution in [0.15, 0.2) is 16.8 Å². The number of nitrogens with one attached hydrogen (secondary N) is 1. The number of carbonyl (C=O) groups excluding carboxylic acids is 1. The van der Waals surface area contributed by atoms with E-state index in [1.54, 1.807) is 23.5 Å². The maximum absolute atomic E-state index is 12.2.